The van der Waals surface area contributed by atoms with Crippen molar-refractivity contribution in [1.29, 1.82) is 0 Å². The summed E-state index contributed by atoms with van der Waals surface area (Å²) in [4.78, 5) is 11.1. The quantitative estimate of drug-likeness (QED) is 0.621. The van der Waals surface area contributed by atoms with Gasteiger partial charge in [-0.1, -0.05) is 0 Å². The van der Waals surface area contributed by atoms with Crippen molar-refractivity contribution < 1.29 is 32.5 Å². The summed E-state index contributed by atoms with van der Waals surface area (Å²) >= 11 is 2.16. The molecular formula is C18H12F3IO4. The molecule has 0 aliphatic carbocycles. The minimum absolute atomic E-state index is 0.0852. The van der Waals surface area contributed by atoms with E-state index < -0.39 is 23.8 Å². The first-order valence-electron chi connectivity index (χ1n) is 7.41. The molecule has 26 heavy (non-hydrogen) atoms. The van der Waals surface area contributed by atoms with Crippen LogP contribution in [0.5, 0.6) is 17.2 Å². The van der Waals surface area contributed by atoms with Gasteiger partial charge in [-0.2, -0.15) is 13.2 Å². The minimum atomic E-state index is -4.84. The Morgan fingerprint density at radius 3 is 2.58 bits per heavy atom. The van der Waals surface area contributed by atoms with Crippen molar-refractivity contribution in [3.63, 3.8) is 0 Å². The Labute approximate surface area is 160 Å². The Kier molecular flexibility index (Phi) is 4.87. The summed E-state index contributed by atoms with van der Waals surface area (Å²) in [5.41, 5.74) is 0.262. The van der Waals surface area contributed by atoms with Gasteiger partial charge in [-0.25, -0.2) is 4.79 Å². The lowest BCUT2D eigenvalue weighted by Crippen LogP contribution is -2.40. The maximum Gasteiger partial charge on any atom is 0.430 e. The number of aliphatic carboxylic acids is 1. The van der Waals surface area contributed by atoms with E-state index >= 15 is 0 Å². The summed E-state index contributed by atoms with van der Waals surface area (Å²) < 4.78 is 51.1. The van der Waals surface area contributed by atoms with Crippen LogP contribution in [-0.4, -0.2) is 23.4 Å². The Hall–Kier alpha value is -2.23. The second-order valence-corrected chi connectivity index (χ2v) is 6.90. The molecule has 1 heterocycles. The van der Waals surface area contributed by atoms with Gasteiger partial charge in [-0.05, 0) is 71.5 Å². The van der Waals surface area contributed by atoms with Crippen molar-refractivity contribution in [2.45, 2.75) is 19.2 Å². The van der Waals surface area contributed by atoms with Gasteiger partial charge in [-0.15, -0.1) is 0 Å². The Morgan fingerprint density at radius 2 is 1.96 bits per heavy atom. The number of aryl methyl sites for hydroxylation is 1. The summed E-state index contributed by atoms with van der Waals surface area (Å²) in [6.45, 7) is 1.86. The van der Waals surface area contributed by atoms with Crippen LogP contribution in [0.15, 0.2) is 42.0 Å². The first-order valence-corrected chi connectivity index (χ1v) is 8.49. The van der Waals surface area contributed by atoms with E-state index in [1.165, 1.54) is 12.1 Å². The Bertz CT molecular complexity index is 906. The van der Waals surface area contributed by atoms with Crippen LogP contribution in [-0.2, 0) is 4.79 Å². The summed E-state index contributed by atoms with van der Waals surface area (Å²) in [6, 6.07) is 9.84. The number of hydrogen-bond donors (Lipinski definition) is 1. The molecule has 2 aromatic carbocycles. The largest absolute Gasteiger partial charge is 0.478 e. The van der Waals surface area contributed by atoms with Crippen LogP contribution in [0.2, 0.25) is 0 Å². The van der Waals surface area contributed by atoms with E-state index in [-0.39, 0.29) is 11.3 Å². The fourth-order valence-electron chi connectivity index (χ4n) is 2.50. The number of carboxylic acids is 1. The number of alkyl halides is 3. The van der Waals surface area contributed by atoms with Crippen molar-refractivity contribution in [2.75, 3.05) is 0 Å². The monoisotopic (exact) mass is 476 g/mol. The first-order chi connectivity index (χ1) is 12.1. The van der Waals surface area contributed by atoms with E-state index in [1.54, 1.807) is 12.1 Å². The second kappa shape index (κ2) is 6.82. The standard InChI is InChI=1S/C18H12F3IO4/c1-9-6-11(22)3-5-14(9)25-12-4-2-10-7-13(17(23)24)16(18(19,20)21)26-15(10)8-12/h2-8,16H,1H3,(H,23,24). The number of halogens is 4. The van der Waals surface area contributed by atoms with Gasteiger partial charge in [0.15, 0.2) is 0 Å². The normalized spacial score (nSPS) is 16.3. The Balaban J connectivity index is 1.95. The highest BCUT2D eigenvalue weighted by atomic mass is 127. The molecule has 3 rings (SSSR count). The number of carbonyl (C=O) groups is 1. The molecule has 1 aliphatic rings. The molecule has 0 saturated carbocycles. The van der Waals surface area contributed by atoms with Crippen molar-refractivity contribution >= 4 is 34.6 Å². The van der Waals surface area contributed by atoms with Crippen molar-refractivity contribution in [2.24, 2.45) is 0 Å². The molecule has 0 fully saturated rings. The molecule has 1 atom stereocenters. The number of carboxylic acid groups (broad SMARTS) is 1. The third kappa shape index (κ3) is 3.79. The number of fused-ring (bicyclic) bond motifs is 1. The molecule has 0 amide bonds. The first kappa shape index (κ1) is 18.6. The van der Waals surface area contributed by atoms with Crippen LogP contribution in [0.25, 0.3) is 6.08 Å². The van der Waals surface area contributed by atoms with Crippen molar-refractivity contribution in [3.8, 4) is 17.2 Å². The zero-order valence-electron chi connectivity index (χ0n) is 13.3. The van der Waals surface area contributed by atoms with Crippen molar-refractivity contribution in [3.05, 3.63) is 56.7 Å². The number of benzene rings is 2. The Morgan fingerprint density at radius 1 is 1.23 bits per heavy atom. The molecule has 2 aromatic rings. The highest BCUT2D eigenvalue weighted by Crippen LogP contribution is 2.39. The van der Waals surface area contributed by atoms with Gasteiger partial charge in [0.25, 0.3) is 0 Å². The second-order valence-electron chi connectivity index (χ2n) is 5.66. The lowest BCUT2D eigenvalue weighted by Gasteiger charge is -2.27. The molecule has 0 saturated heterocycles. The fraction of sp³-hybridized carbons (Fsp3) is 0.167. The van der Waals surface area contributed by atoms with Gasteiger partial charge >= 0.3 is 12.1 Å². The molecular weight excluding hydrogens is 464 g/mol. The smallest absolute Gasteiger partial charge is 0.430 e. The summed E-state index contributed by atoms with van der Waals surface area (Å²) in [6.07, 6.45) is -6.40. The maximum atomic E-state index is 13.1. The molecule has 0 aromatic heterocycles. The van der Waals surface area contributed by atoms with E-state index in [2.05, 4.69) is 22.6 Å². The van der Waals surface area contributed by atoms with Gasteiger partial charge in [0.1, 0.15) is 17.2 Å². The van der Waals surface area contributed by atoms with E-state index in [0.29, 0.717) is 11.5 Å². The molecule has 0 radical (unpaired) electrons. The molecule has 4 nitrogen and oxygen atoms in total. The van der Waals surface area contributed by atoms with Crippen LogP contribution in [0.1, 0.15) is 11.1 Å². The van der Waals surface area contributed by atoms with Crippen LogP contribution in [0, 0.1) is 10.5 Å². The molecule has 0 bridgehead atoms. The van der Waals surface area contributed by atoms with E-state index in [1.807, 2.05) is 19.1 Å². The summed E-state index contributed by atoms with van der Waals surface area (Å²) in [5.74, 6) is -0.901. The van der Waals surface area contributed by atoms with Gasteiger partial charge in [0.05, 0.1) is 5.57 Å². The molecule has 8 heteroatoms. The third-order valence-electron chi connectivity index (χ3n) is 3.73. The number of hydrogen-bond acceptors (Lipinski definition) is 3. The highest BCUT2D eigenvalue weighted by Gasteiger charge is 2.48. The van der Waals surface area contributed by atoms with E-state index in [0.717, 1.165) is 15.2 Å². The van der Waals surface area contributed by atoms with E-state index in [4.69, 9.17) is 14.6 Å². The minimum Gasteiger partial charge on any atom is -0.478 e. The topological polar surface area (TPSA) is 55.8 Å². The zero-order chi connectivity index (χ0) is 19.1. The predicted molar refractivity (Wildman–Crippen MR) is 96.5 cm³/mol. The average Bonchev–Trinajstić information content (AvgIpc) is 2.55. The molecule has 1 aliphatic heterocycles. The average molecular weight is 476 g/mol. The summed E-state index contributed by atoms with van der Waals surface area (Å²) in [5, 5.41) is 9.03. The SMILES string of the molecule is Cc1cc(I)ccc1Oc1ccc2c(c1)OC(C(F)(F)F)C(C(=O)O)=C2. The molecule has 1 unspecified atom stereocenters. The van der Waals surface area contributed by atoms with Gasteiger partial charge < -0.3 is 14.6 Å². The van der Waals surface area contributed by atoms with Crippen LogP contribution < -0.4 is 9.47 Å². The molecule has 136 valence electrons. The van der Waals surface area contributed by atoms with Crippen LogP contribution in [0.4, 0.5) is 13.2 Å². The predicted octanol–water partition coefficient (Wildman–Crippen LogP) is 5.18. The van der Waals surface area contributed by atoms with Crippen LogP contribution in [0.3, 0.4) is 0 Å². The lowest BCUT2D eigenvalue weighted by molar-refractivity contribution is -0.187. The van der Waals surface area contributed by atoms with Crippen molar-refractivity contribution in [1.82, 2.24) is 0 Å². The van der Waals surface area contributed by atoms with Gasteiger partial charge in [-0.3, -0.25) is 0 Å². The van der Waals surface area contributed by atoms with Gasteiger partial charge in [0.2, 0.25) is 6.10 Å². The number of rotatable bonds is 3. The van der Waals surface area contributed by atoms with Gasteiger partial charge in [0, 0.05) is 15.2 Å². The maximum absolute atomic E-state index is 13.1. The lowest BCUT2D eigenvalue weighted by atomic mass is 10.0. The molecule has 1 N–H and O–H groups in total. The highest BCUT2D eigenvalue weighted by molar-refractivity contribution is 14.1. The van der Waals surface area contributed by atoms with Crippen LogP contribution >= 0.6 is 22.6 Å². The fourth-order valence-corrected chi connectivity index (χ4v) is 3.15. The zero-order valence-corrected chi connectivity index (χ0v) is 15.5. The molecule has 0 spiro atoms. The summed E-state index contributed by atoms with van der Waals surface area (Å²) in [7, 11) is 0. The third-order valence-corrected chi connectivity index (χ3v) is 4.40. The number of ether oxygens (including phenoxy) is 2. The van der Waals surface area contributed by atoms with E-state index in [9.17, 15) is 18.0 Å².